The standard InChI is InChI=1S/C24H19N3O7S/c1-13-14(2)34-23(18(13)11-25)26-21(28)12-33-24(30)17-7-5-4-6-16(17)22(29)15-8-9-20(35-3)19(10-15)27(31)32/h4-10H,12H2,1-3H3,(H,26,28). The summed E-state index contributed by atoms with van der Waals surface area (Å²) in [5.41, 5.74) is 0.412. The van der Waals surface area contributed by atoms with Crippen LogP contribution in [0.1, 0.15) is 43.2 Å². The number of carbonyl (C=O) groups excluding carboxylic acids is 3. The van der Waals surface area contributed by atoms with Gasteiger partial charge in [-0.2, -0.15) is 5.26 Å². The fraction of sp³-hybridized carbons (Fsp3) is 0.167. The minimum atomic E-state index is -0.938. The first-order valence-corrected chi connectivity index (χ1v) is 11.3. The van der Waals surface area contributed by atoms with Gasteiger partial charge in [0, 0.05) is 22.8 Å². The zero-order valence-electron chi connectivity index (χ0n) is 18.9. The van der Waals surface area contributed by atoms with Crippen LogP contribution in [0.3, 0.4) is 0 Å². The second-order valence-electron chi connectivity index (χ2n) is 7.24. The van der Waals surface area contributed by atoms with E-state index >= 15 is 0 Å². The lowest BCUT2D eigenvalue weighted by atomic mass is 9.98. The number of nitrogens with one attached hydrogen (secondary N) is 1. The minimum Gasteiger partial charge on any atom is -0.452 e. The molecule has 0 spiro atoms. The third-order valence-corrected chi connectivity index (χ3v) is 5.90. The maximum absolute atomic E-state index is 13.1. The predicted molar refractivity (Wildman–Crippen MR) is 127 cm³/mol. The van der Waals surface area contributed by atoms with Crippen LogP contribution in [0.4, 0.5) is 11.6 Å². The zero-order chi connectivity index (χ0) is 25.7. The molecule has 0 saturated heterocycles. The van der Waals surface area contributed by atoms with E-state index in [0.717, 1.165) is 6.07 Å². The molecule has 2 aromatic carbocycles. The Hall–Kier alpha value is -4.43. The van der Waals surface area contributed by atoms with E-state index in [-0.39, 0.29) is 33.8 Å². The Bertz CT molecular complexity index is 1390. The van der Waals surface area contributed by atoms with Crippen molar-refractivity contribution in [3.63, 3.8) is 0 Å². The minimum absolute atomic E-state index is 0.0279. The molecule has 1 aromatic heterocycles. The summed E-state index contributed by atoms with van der Waals surface area (Å²) in [5.74, 6) is -1.87. The number of nitro groups is 1. The van der Waals surface area contributed by atoms with Crippen LogP contribution in [-0.2, 0) is 9.53 Å². The maximum atomic E-state index is 13.1. The lowest BCUT2D eigenvalue weighted by Gasteiger charge is -2.10. The highest BCUT2D eigenvalue weighted by Gasteiger charge is 2.23. The first-order chi connectivity index (χ1) is 16.7. The van der Waals surface area contributed by atoms with Gasteiger partial charge in [0.25, 0.3) is 11.6 Å². The van der Waals surface area contributed by atoms with Gasteiger partial charge in [0.15, 0.2) is 12.4 Å². The van der Waals surface area contributed by atoms with E-state index in [1.807, 2.05) is 6.07 Å². The smallest absolute Gasteiger partial charge is 0.339 e. The average Bonchev–Trinajstić information content (AvgIpc) is 3.13. The maximum Gasteiger partial charge on any atom is 0.339 e. The van der Waals surface area contributed by atoms with E-state index in [4.69, 9.17) is 9.15 Å². The van der Waals surface area contributed by atoms with E-state index in [1.165, 1.54) is 48.2 Å². The lowest BCUT2D eigenvalue weighted by Crippen LogP contribution is -2.22. The molecule has 0 atom stereocenters. The number of nitro benzene ring substituents is 1. The van der Waals surface area contributed by atoms with Crippen LogP contribution in [0.15, 0.2) is 51.8 Å². The number of carbonyl (C=O) groups is 3. The van der Waals surface area contributed by atoms with Gasteiger partial charge >= 0.3 is 5.97 Å². The fourth-order valence-electron chi connectivity index (χ4n) is 3.21. The number of amides is 1. The molecule has 0 saturated carbocycles. The van der Waals surface area contributed by atoms with Crippen molar-refractivity contribution in [1.29, 1.82) is 5.26 Å². The largest absolute Gasteiger partial charge is 0.452 e. The molecule has 0 radical (unpaired) electrons. The third-order valence-electron chi connectivity index (χ3n) is 5.11. The summed E-state index contributed by atoms with van der Waals surface area (Å²) in [6, 6.07) is 11.8. The number of furan rings is 1. The number of rotatable bonds is 8. The second kappa shape index (κ2) is 10.7. The van der Waals surface area contributed by atoms with E-state index in [0.29, 0.717) is 16.2 Å². The summed E-state index contributed by atoms with van der Waals surface area (Å²) in [5, 5.41) is 23.0. The van der Waals surface area contributed by atoms with Crippen molar-refractivity contribution < 1.29 is 28.5 Å². The number of benzene rings is 2. The molecule has 0 bridgehead atoms. The number of esters is 1. The van der Waals surface area contributed by atoms with E-state index in [1.54, 1.807) is 20.1 Å². The number of hydrogen-bond acceptors (Lipinski definition) is 9. The topological polar surface area (TPSA) is 153 Å². The van der Waals surface area contributed by atoms with Gasteiger partial charge < -0.3 is 9.15 Å². The number of nitriles is 1. The normalized spacial score (nSPS) is 10.3. The predicted octanol–water partition coefficient (Wildman–Crippen LogP) is 4.42. The van der Waals surface area contributed by atoms with Gasteiger partial charge in [-0.3, -0.25) is 25.0 Å². The summed E-state index contributed by atoms with van der Waals surface area (Å²) in [6.07, 6.45) is 1.68. The SMILES string of the molecule is CSc1ccc(C(=O)c2ccccc2C(=O)OCC(=O)Nc2oc(C)c(C)c2C#N)cc1[N+](=O)[O-]. The van der Waals surface area contributed by atoms with Gasteiger partial charge in [-0.15, -0.1) is 11.8 Å². The first kappa shape index (κ1) is 25.2. The summed E-state index contributed by atoms with van der Waals surface area (Å²) in [4.78, 5) is 49.2. The highest BCUT2D eigenvalue weighted by molar-refractivity contribution is 7.98. The molecule has 35 heavy (non-hydrogen) atoms. The van der Waals surface area contributed by atoms with Crippen LogP contribution in [0.5, 0.6) is 0 Å². The van der Waals surface area contributed by atoms with Crippen molar-refractivity contribution in [3.8, 4) is 6.07 Å². The zero-order valence-corrected chi connectivity index (χ0v) is 19.7. The van der Waals surface area contributed by atoms with E-state index in [9.17, 15) is 29.8 Å². The number of anilines is 1. The monoisotopic (exact) mass is 493 g/mol. The highest BCUT2D eigenvalue weighted by atomic mass is 32.2. The van der Waals surface area contributed by atoms with Crippen LogP contribution >= 0.6 is 11.8 Å². The Morgan fingerprint density at radius 2 is 1.86 bits per heavy atom. The molecule has 11 heteroatoms. The Labute approximate surface area is 204 Å². The molecule has 1 amide bonds. The quantitative estimate of drug-likeness (QED) is 0.158. The number of ether oxygens (including phenoxy) is 1. The highest BCUT2D eigenvalue weighted by Crippen LogP contribution is 2.29. The van der Waals surface area contributed by atoms with Crippen LogP contribution in [-0.4, -0.2) is 35.4 Å². The van der Waals surface area contributed by atoms with Gasteiger partial charge in [0.1, 0.15) is 17.4 Å². The van der Waals surface area contributed by atoms with Crippen molar-refractivity contribution in [1.82, 2.24) is 0 Å². The number of ketones is 1. The summed E-state index contributed by atoms with van der Waals surface area (Å²) in [7, 11) is 0. The second-order valence-corrected chi connectivity index (χ2v) is 8.09. The van der Waals surface area contributed by atoms with Gasteiger partial charge in [-0.1, -0.05) is 18.2 Å². The molecule has 3 rings (SSSR count). The molecule has 1 heterocycles. The number of aryl methyl sites for hydroxylation is 1. The van der Waals surface area contributed by atoms with Crippen LogP contribution in [0, 0.1) is 35.3 Å². The molecule has 10 nitrogen and oxygen atoms in total. The molecule has 178 valence electrons. The molecule has 3 aromatic rings. The number of nitrogens with zero attached hydrogens (tertiary/aromatic N) is 2. The molecule has 1 N–H and O–H groups in total. The third kappa shape index (κ3) is 5.39. The summed E-state index contributed by atoms with van der Waals surface area (Å²) < 4.78 is 10.4. The lowest BCUT2D eigenvalue weighted by molar-refractivity contribution is -0.387. The Morgan fingerprint density at radius 3 is 2.49 bits per heavy atom. The van der Waals surface area contributed by atoms with Crippen molar-refractivity contribution in [2.24, 2.45) is 0 Å². The van der Waals surface area contributed by atoms with E-state index in [2.05, 4.69) is 5.32 Å². The van der Waals surface area contributed by atoms with Crippen LogP contribution in [0.25, 0.3) is 0 Å². The molecule has 0 aliphatic carbocycles. The molecular formula is C24H19N3O7S. The van der Waals surface area contributed by atoms with Gasteiger partial charge in [0.2, 0.25) is 5.88 Å². The molecule has 0 aliphatic heterocycles. The van der Waals surface area contributed by atoms with Crippen LogP contribution in [0.2, 0.25) is 0 Å². The molecule has 0 unspecified atom stereocenters. The Kier molecular flexibility index (Phi) is 7.68. The van der Waals surface area contributed by atoms with Crippen molar-refractivity contribution in [2.45, 2.75) is 18.7 Å². The van der Waals surface area contributed by atoms with Crippen LogP contribution < -0.4 is 5.32 Å². The average molecular weight is 493 g/mol. The van der Waals surface area contributed by atoms with Crippen molar-refractivity contribution in [2.75, 3.05) is 18.2 Å². The summed E-state index contributed by atoms with van der Waals surface area (Å²) >= 11 is 1.17. The van der Waals surface area contributed by atoms with Crippen molar-refractivity contribution in [3.05, 3.63) is 86.2 Å². The molecule has 0 aliphatic rings. The number of thioether (sulfide) groups is 1. The van der Waals surface area contributed by atoms with Gasteiger partial charge in [-0.25, -0.2) is 4.79 Å². The van der Waals surface area contributed by atoms with Gasteiger partial charge in [-0.05, 0) is 38.3 Å². The number of hydrogen-bond donors (Lipinski definition) is 1. The van der Waals surface area contributed by atoms with Gasteiger partial charge in [0.05, 0.1) is 15.4 Å². The van der Waals surface area contributed by atoms with Crippen molar-refractivity contribution >= 4 is 41.0 Å². The summed E-state index contributed by atoms with van der Waals surface area (Å²) in [6.45, 7) is 2.62. The van der Waals surface area contributed by atoms with E-state index < -0.39 is 29.2 Å². The molecule has 0 fully saturated rings. The Morgan fingerprint density at radius 1 is 1.17 bits per heavy atom. The first-order valence-electron chi connectivity index (χ1n) is 10.1. The molecular weight excluding hydrogens is 474 g/mol. The Balaban J connectivity index is 1.77. The fourth-order valence-corrected chi connectivity index (χ4v) is 3.76.